The van der Waals surface area contributed by atoms with Gasteiger partial charge in [-0.1, -0.05) is 24.3 Å². The highest BCUT2D eigenvalue weighted by Gasteiger charge is 2.08. The zero-order chi connectivity index (χ0) is 13.8. The lowest BCUT2D eigenvalue weighted by atomic mass is 10.1. The van der Waals surface area contributed by atoms with Gasteiger partial charge in [0.05, 0.1) is 5.69 Å². The van der Waals surface area contributed by atoms with Crippen LogP contribution in [0.15, 0.2) is 46.9 Å². The molecule has 0 radical (unpaired) electrons. The summed E-state index contributed by atoms with van der Waals surface area (Å²) in [5.41, 5.74) is 4.35. The minimum atomic E-state index is 0.680. The van der Waals surface area contributed by atoms with Gasteiger partial charge in [0.15, 0.2) is 0 Å². The third kappa shape index (κ3) is 3.24. The predicted molar refractivity (Wildman–Crippen MR) is 82.8 cm³/mol. The second-order valence-electron chi connectivity index (χ2n) is 4.61. The molecule has 2 rings (SSSR count). The minimum absolute atomic E-state index is 0.680. The number of carbonyl (C=O) groups is 1. The van der Waals surface area contributed by atoms with Crippen LogP contribution in [-0.4, -0.2) is 13.3 Å². The molecular formula is C16H16BrNO. The van der Waals surface area contributed by atoms with Gasteiger partial charge >= 0.3 is 0 Å². The number of carbonyl (C=O) groups excluding carboxylic acids is 1. The van der Waals surface area contributed by atoms with Crippen molar-refractivity contribution in [2.24, 2.45) is 0 Å². The highest BCUT2D eigenvalue weighted by molar-refractivity contribution is 9.10. The first-order valence-corrected chi connectivity index (χ1v) is 6.91. The number of benzene rings is 2. The Balaban J connectivity index is 2.23. The van der Waals surface area contributed by atoms with E-state index in [0.29, 0.717) is 5.56 Å². The van der Waals surface area contributed by atoms with E-state index in [1.54, 1.807) is 0 Å². The van der Waals surface area contributed by atoms with Crippen molar-refractivity contribution in [3.05, 3.63) is 63.6 Å². The SMILES string of the molecule is Cc1ccccc1CN(C)c1ccc(C=O)cc1Br. The molecule has 0 spiro atoms. The Morgan fingerprint density at radius 1 is 1.21 bits per heavy atom. The minimum Gasteiger partial charge on any atom is -0.369 e. The van der Waals surface area contributed by atoms with Gasteiger partial charge in [0, 0.05) is 23.6 Å². The van der Waals surface area contributed by atoms with E-state index in [1.165, 1.54) is 11.1 Å². The maximum atomic E-state index is 10.7. The molecule has 0 aliphatic rings. The van der Waals surface area contributed by atoms with E-state index >= 15 is 0 Å². The molecule has 2 aromatic rings. The summed E-state index contributed by atoms with van der Waals surface area (Å²) in [6.07, 6.45) is 0.857. The Kier molecular flexibility index (Phi) is 4.38. The van der Waals surface area contributed by atoms with Crippen molar-refractivity contribution >= 4 is 27.9 Å². The van der Waals surface area contributed by atoms with Gasteiger partial charge in [-0.25, -0.2) is 0 Å². The topological polar surface area (TPSA) is 20.3 Å². The zero-order valence-electron chi connectivity index (χ0n) is 11.1. The van der Waals surface area contributed by atoms with Crippen molar-refractivity contribution in [2.75, 3.05) is 11.9 Å². The summed E-state index contributed by atoms with van der Waals surface area (Å²) in [6, 6.07) is 14.0. The molecule has 0 aliphatic heterocycles. The van der Waals surface area contributed by atoms with Crippen LogP contribution in [0, 0.1) is 6.92 Å². The average molecular weight is 318 g/mol. The highest BCUT2D eigenvalue weighted by atomic mass is 79.9. The van der Waals surface area contributed by atoms with Crippen LogP contribution in [0.25, 0.3) is 0 Å². The van der Waals surface area contributed by atoms with Crippen LogP contribution in [0.3, 0.4) is 0 Å². The maximum absolute atomic E-state index is 10.7. The Labute approximate surface area is 122 Å². The van der Waals surface area contributed by atoms with Crippen LogP contribution in [-0.2, 0) is 6.54 Å². The number of halogens is 1. The Hall–Kier alpha value is -1.61. The molecule has 0 unspecified atom stereocenters. The highest BCUT2D eigenvalue weighted by Crippen LogP contribution is 2.27. The standard InChI is InChI=1S/C16H16BrNO/c1-12-5-3-4-6-14(12)10-18(2)16-8-7-13(11-19)9-15(16)17/h3-9,11H,10H2,1-2H3. The van der Waals surface area contributed by atoms with Crippen molar-refractivity contribution in [3.8, 4) is 0 Å². The van der Waals surface area contributed by atoms with Gasteiger partial charge in [-0.3, -0.25) is 4.79 Å². The van der Waals surface area contributed by atoms with E-state index in [0.717, 1.165) is 23.0 Å². The molecule has 2 aromatic carbocycles. The van der Waals surface area contributed by atoms with Gasteiger partial charge in [0.25, 0.3) is 0 Å². The van der Waals surface area contributed by atoms with Crippen LogP contribution < -0.4 is 4.90 Å². The summed E-state index contributed by atoms with van der Waals surface area (Å²) in [5.74, 6) is 0. The van der Waals surface area contributed by atoms with Gasteiger partial charge in [-0.15, -0.1) is 0 Å². The molecule has 0 fully saturated rings. The molecule has 0 N–H and O–H groups in total. The van der Waals surface area contributed by atoms with E-state index in [2.05, 4.69) is 46.0 Å². The number of nitrogens with zero attached hydrogens (tertiary/aromatic N) is 1. The van der Waals surface area contributed by atoms with E-state index in [-0.39, 0.29) is 0 Å². The maximum Gasteiger partial charge on any atom is 0.150 e. The van der Waals surface area contributed by atoms with Crippen molar-refractivity contribution in [1.29, 1.82) is 0 Å². The fraction of sp³-hybridized carbons (Fsp3) is 0.188. The van der Waals surface area contributed by atoms with Gasteiger partial charge in [0.1, 0.15) is 6.29 Å². The summed E-state index contributed by atoms with van der Waals surface area (Å²) < 4.78 is 0.938. The van der Waals surface area contributed by atoms with E-state index in [9.17, 15) is 4.79 Å². The number of aryl methyl sites for hydroxylation is 1. The third-order valence-electron chi connectivity index (χ3n) is 3.19. The van der Waals surface area contributed by atoms with Crippen LogP contribution in [0.1, 0.15) is 21.5 Å². The lowest BCUT2D eigenvalue weighted by Crippen LogP contribution is -2.17. The molecule has 0 amide bonds. The van der Waals surface area contributed by atoms with Crippen LogP contribution in [0.4, 0.5) is 5.69 Å². The summed E-state index contributed by atoms with van der Waals surface area (Å²) in [4.78, 5) is 12.9. The molecule has 0 bridgehead atoms. The molecule has 19 heavy (non-hydrogen) atoms. The van der Waals surface area contributed by atoms with Gasteiger partial charge in [-0.05, 0) is 52.2 Å². The normalized spacial score (nSPS) is 10.3. The lowest BCUT2D eigenvalue weighted by molar-refractivity contribution is 0.112. The number of anilines is 1. The number of hydrogen-bond donors (Lipinski definition) is 0. The second-order valence-corrected chi connectivity index (χ2v) is 5.47. The molecule has 0 heterocycles. The summed E-state index contributed by atoms with van der Waals surface area (Å²) >= 11 is 3.52. The molecule has 2 nitrogen and oxygen atoms in total. The summed E-state index contributed by atoms with van der Waals surface area (Å²) in [5, 5.41) is 0. The van der Waals surface area contributed by atoms with Crippen LogP contribution in [0.2, 0.25) is 0 Å². The fourth-order valence-corrected chi connectivity index (χ4v) is 2.73. The Bertz CT molecular complexity index is 595. The zero-order valence-corrected chi connectivity index (χ0v) is 12.6. The predicted octanol–water partition coefficient (Wildman–Crippen LogP) is 4.21. The first kappa shape index (κ1) is 13.8. The third-order valence-corrected chi connectivity index (χ3v) is 3.82. The van der Waals surface area contributed by atoms with Crippen molar-refractivity contribution < 1.29 is 4.79 Å². The van der Waals surface area contributed by atoms with Gasteiger partial charge < -0.3 is 4.90 Å². The summed E-state index contributed by atoms with van der Waals surface area (Å²) in [7, 11) is 2.05. The largest absolute Gasteiger partial charge is 0.369 e. The number of aldehydes is 1. The first-order chi connectivity index (χ1) is 9.11. The van der Waals surface area contributed by atoms with Gasteiger partial charge in [-0.2, -0.15) is 0 Å². The molecule has 0 aromatic heterocycles. The monoisotopic (exact) mass is 317 g/mol. The van der Waals surface area contributed by atoms with Crippen molar-refractivity contribution in [2.45, 2.75) is 13.5 Å². The fourth-order valence-electron chi connectivity index (χ4n) is 2.03. The Morgan fingerprint density at radius 2 is 1.95 bits per heavy atom. The molecule has 0 saturated carbocycles. The smallest absolute Gasteiger partial charge is 0.150 e. The molecule has 3 heteroatoms. The molecule has 0 atom stereocenters. The Morgan fingerprint density at radius 3 is 2.58 bits per heavy atom. The summed E-state index contributed by atoms with van der Waals surface area (Å²) in [6.45, 7) is 2.96. The van der Waals surface area contributed by atoms with Crippen LogP contribution in [0.5, 0.6) is 0 Å². The van der Waals surface area contributed by atoms with Crippen molar-refractivity contribution in [3.63, 3.8) is 0 Å². The second kappa shape index (κ2) is 6.02. The average Bonchev–Trinajstić information content (AvgIpc) is 2.41. The van der Waals surface area contributed by atoms with Crippen LogP contribution >= 0.6 is 15.9 Å². The molecular weight excluding hydrogens is 302 g/mol. The van der Waals surface area contributed by atoms with Crippen molar-refractivity contribution in [1.82, 2.24) is 0 Å². The molecule has 0 aliphatic carbocycles. The number of hydrogen-bond acceptors (Lipinski definition) is 2. The first-order valence-electron chi connectivity index (χ1n) is 6.12. The van der Waals surface area contributed by atoms with E-state index in [4.69, 9.17) is 0 Å². The van der Waals surface area contributed by atoms with E-state index in [1.807, 2.05) is 31.3 Å². The molecule has 0 saturated heterocycles. The lowest BCUT2D eigenvalue weighted by Gasteiger charge is -2.22. The number of rotatable bonds is 4. The molecule has 98 valence electrons. The van der Waals surface area contributed by atoms with E-state index < -0.39 is 0 Å². The van der Waals surface area contributed by atoms with Gasteiger partial charge in [0.2, 0.25) is 0 Å². The quantitative estimate of drug-likeness (QED) is 0.787.